The van der Waals surface area contributed by atoms with E-state index in [-0.39, 0.29) is 16.9 Å². The van der Waals surface area contributed by atoms with Gasteiger partial charge in [0.1, 0.15) is 5.82 Å². The summed E-state index contributed by atoms with van der Waals surface area (Å²) >= 11 is 5.68. The largest absolute Gasteiger partial charge is 0.490 e. The number of nitrogens with zero attached hydrogens (tertiary/aromatic N) is 3. The highest BCUT2D eigenvalue weighted by Gasteiger charge is 2.17. The van der Waals surface area contributed by atoms with Crippen molar-refractivity contribution in [1.82, 2.24) is 9.66 Å². The molecule has 0 aliphatic rings. The van der Waals surface area contributed by atoms with Crippen molar-refractivity contribution < 1.29 is 9.47 Å². The zero-order chi connectivity index (χ0) is 24.3. The molecule has 3 aromatic rings. The fourth-order valence-corrected chi connectivity index (χ4v) is 4.27. The third-order valence-corrected chi connectivity index (χ3v) is 5.95. The number of hydrogen-bond acceptors (Lipinski definition) is 5. The van der Waals surface area contributed by atoms with Crippen molar-refractivity contribution in [3.63, 3.8) is 0 Å². The highest BCUT2D eigenvalue weighted by molar-refractivity contribution is 14.1. The summed E-state index contributed by atoms with van der Waals surface area (Å²) in [6, 6.07) is 9.35. The van der Waals surface area contributed by atoms with Gasteiger partial charge in [0.25, 0.3) is 5.56 Å². The van der Waals surface area contributed by atoms with Gasteiger partial charge in [0.05, 0.1) is 33.9 Å². The summed E-state index contributed by atoms with van der Waals surface area (Å²) in [5.41, 5.74) is 1.29. The van der Waals surface area contributed by atoms with E-state index in [0.29, 0.717) is 35.7 Å². The zero-order valence-electron chi connectivity index (χ0n) is 19.8. The fourth-order valence-electron chi connectivity index (χ4n) is 3.13. The quantitative estimate of drug-likeness (QED) is 0.219. The van der Waals surface area contributed by atoms with Crippen molar-refractivity contribution in [2.75, 3.05) is 13.2 Å². The monoisotopic (exact) mass is 625 g/mol. The Labute approximate surface area is 216 Å². The molecule has 33 heavy (non-hydrogen) atoms. The Bertz CT molecular complexity index is 1250. The van der Waals surface area contributed by atoms with Gasteiger partial charge >= 0.3 is 0 Å². The number of ether oxygens (including phenoxy) is 2. The molecule has 0 spiro atoms. The summed E-state index contributed by atoms with van der Waals surface area (Å²) in [4.78, 5) is 17.9. The van der Waals surface area contributed by atoms with E-state index in [0.717, 1.165) is 19.4 Å². The Morgan fingerprint density at radius 1 is 1.21 bits per heavy atom. The van der Waals surface area contributed by atoms with Crippen LogP contribution in [0.3, 0.4) is 0 Å². The number of benzene rings is 2. The van der Waals surface area contributed by atoms with Crippen molar-refractivity contribution in [3.05, 3.63) is 60.1 Å². The second kappa shape index (κ2) is 10.5. The molecule has 0 aliphatic heterocycles. The van der Waals surface area contributed by atoms with Crippen LogP contribution in [-0.4, -0.2) is 29.1 Å². The van der Waals surface area contributed by atoms with E-state index in [1.807, 2.05) is 45.0 Å². The highest BCUT2D eigenvalue weighted by atomic mass is 127. The van der Waals surface area contributed by atoms with Crippen LogP contribution >= 0.6 is 38.5 Å². The van der Waals surface area contributed by atoms with Crippen LogP contribution in [-0.2, 0) is 0 Å². The summed E-state index contributed by atoms with van der Waals surface area (Å²) in [5.74, 6) is 2.01. The molecule has 0 unspecified atom stereocenters. The molecule has 0 saturated carbocycles. The van der Waals surface area contributed by atoms with Crippen molar-refractivity contribution >= 4 is 55.6 Å². The molecule has 0 bridgehead atoms. The molecule has 6 nitrogen and oxygen atoms in total. The van der Waals surface area contributed by atoms with Crippen LogP contribution in [0, 0.1) is 8.99 Å². The Balaban J connectivity index is 2.06. The molecule has 2 aromatic carbocycles. The predicted octanol–water partition coefficient (Wildman–Crippen LogP) is 6.59. The van der Waals surface area contributed by atoms with Gasteiger partial charge in [-0.1, -0.05) is 50.5 Å². The molecule has 1 heterocycles. The van der Waals surface area contributed by atoms with Crippen molar-refractivity contribution in [2.24, 2.45) is 10.5 Å². The summed E-state index contributed by atoms with van der Waals surface area (Å²) in [6.45, 7) is 13.4. The van der Waals surface area contributed by atoms with Gasteiger partial charge in [-0.3, -0.25) is 4.79 Å². The van der Waals surface area contributed by atoms with Crippen LogP contribution in [0.5, 0.6) is 11.5 Å². The molecular weight excluding hydrogens is 597 g/mol. The third kappa shape index (κ3) is 6.35. The van der Waals surface area contributed by atoms with Gasteiger partial charge in [0.2, 0.25) is 0 Å². The van der Waals surface area contributed by atoms with E-state index >= 15 is 0 Å². The number of halogens is 2. The van der Waals surface area contributed by atoms with Crippen LogP contribution in [0.2, 0.25) is 0 Å². The minimum absolute atomic E-state index is 0.0233. The lowest BCUT2D eigenvalue weighted by Gasteiger charge is -2.21. The van der Waals surface area contributed by atoms with E-state index in [2.05, 4.69) is 64.4 Å². The molecule has 3 rings (SSSR count). The normalized spacial score (nSPS) is 12.2. The Hall–Kier alpha value is -1.94. The van der Waals surface area contributed by atoms with Crippen LogP contribution in [0.25, 0.3) is 10.9 Å². The Morgan fingerprint density at radius 2 is 1.94 bits per heavy atom. The average Bonchev–Trinajstić information content (AvgIpc) is 2.72. The molecular formula is C25H29BrIN3O3. The van der Waals surface area contributed by atoms with Gasteiger partial charge in [-0.05, 0) is 70.8 Å². The van der Waals surface area contributed by atoms with E-state index < -0.39 is 0 Å². The fraction of sp³-hybridized carbons (Fsp3) is 0.400. The molecule has 0 radical (unpaired) electrons. The SMILES string of the molecule is CCOc1cc(C=Nn2c(C(C)C)nc3ccc(Br)cc3c2=O)cc(I)c1OCC(C)(C)C. The standard InChI is InChI=1S/C25H29BrIN3O3/c1-7-32-21-11-16(10-19(27)22(21)33-14-25(4,5)6)13-28-30-23(15(2)3)29-20-9-8-17(26)12-18(20)24(30)31/h8-13,15H,7,14H2,1-6H3. The first-order valence-corrected chi connectivity index (χ1v) is 12.7. The van der Waals surface area contributed by atoms with Gasteiger partial charge in [0.15, 0.2) is 11.5 Å². The van der Waals surface area contributed by atoms with Crippen molar-refractivity contribution in [1.29, 1.82) is 0 Å². The first kappa shape index (κ1) is 25.7. The van der Waals surface area contributed by atoms with Crippen molar-refractivity contribution in [3.8, 4) is 11.5 Å². The minimum Gasteiger partial charge on any atom is -0.490 e. The molecule has 1 aromatic heterocycles. The first-order chi connectivity index (χ1) is 15.5. The lowest BCUT2D eigenvalue weighted by atomic mass is 9.99. The number of fused-ring (bicyclic) bond motifs is 1. The van der Waals surface area contributed by atoms with E-state index in [1.165, 1.54) is 4.68 Å². The second-order valence-electron chi connectivity index (χ2n) is 9.26. The minimum atomic E-state index is -0.203. The van der Waals surface area contributed by atoms with Crippen molar-refractivity contribution in [2.45, 2.75) is 47.5 Å². The van der Waals surface area contributed by atoms with Gasteiger partial charge in [-0.25, -0.2) is 4.98 Å². The van der Waals surface area contributed by atoms with E-state index in [4.69, 9.17) is 14.5 Å². The Morgan fingerprint density at radius 3 is 2.58 bits per heavy atom. The lowest BCUT2D eigenvalue weighted by molar-refractivity contribution is 0.187. The maximum atomic E-state index is 13.2. The molecule has 0 atom stereocenters. The summed E-state index contributed by atoms with van der Waals surface area (Å²) < 4.78 is 15.1. The predicted molar refractivity (Wildman–Crippen MR) is 146 cm³/mol. The molecule has 8 heteroatoms. The smallest absolute Gasteiger partial charge is 0.282 e. The molecule has 176 valence electrons. The molecule has 0 aliphatic carbocycles. The van der Waals surface area contributed by atoms with Crippen LogP contribution in [0.15, 0.2) is 44.7 Å². The number of hydrogen-bond donors (Lipinski definition) is 0. The zero-order valence-corrected chi connectivity index (χ0v) is 23.5. The van der Waals surface area contributed by atoms with Gasteiger partial charge in [-0.15, -0.1) is 0 Å². The maximum Gasteiger partial charge on any atom is 0.282 e. The number of aromatic nitrogens is 2. The van der Waals surface area contributed by atoms with Gasteiger partial charge < -0.3 is 9.47 Å². The van der Waals surface area contributed by atoms with Crippen LogP contribution in [0.4, 0.5) is 0 Å². The Kier molecular flexibility index (Phi) is 8.21. The lowest BCUT2D eigenvalue weighted by Crippen LogP contribution is -2.23. The maximum absolute atomic E-state index is 13.2. The summed E-state index contributed by atoms with van der Waals surface area (Å²) in [7, 11) is 0. The van der Waals surface area contributed by atoms with E-state index in [1.54, 1.807) is 12.3 Å². The highest BCUT2D eigenvalue weighted by Crippen LogP contribution is 2.35. The van der Waals surface area contributed by atoms with E-state index in [9.17, 15) is 4.79 Å². The topological polar surface area (TPSA) is 65.7 Å². The first-order valence-electron chi connectivity index (χ1n) is 10.9. The third-order valence-electron chi connectivity index (χ3n) is 4.65. The molecule has 0 N–H and O–H groups in total. The van der Waals surface area contributed by atoms with Crippen LogP contribution < -0.4 is 15.0 Å². The summed E-state index contributed by atoms with van der Waals surface area (Å²) in [6.07, 6.45) is 1.66. The average molecular weight is 626 g/mol. The number of rotatable bonds is 7. The summed E-state index contributed by atoms with van der Waals surface area (Å²) in [5, 5.41) is 5.05. The van der Waals surface area contributed by atoms with Gasteiger partial charge in [-0.2, -0.15) is 9.78 Å². The van der Waals surface area contributed by atoms with Gasteiger partial charge in [0, 0.05) is 10.4 Å². The molecule has 0 fully saturated rings. The van der Waals surface area contributed by atoms with Crippen LogP contribution in [0.1, 0.15) is 58.8 Å². The second-order valence-corrected chi connectivity index (χ2v) is 11.3. The molecule has 0 saturated heterocycles. The molecule has 0 amide bonds.